The van der Waals surface area contributed by atoms with E-state index in [9.17, 15) is 9.90 Å². The van der Waals surface area contributed by atoms with Crippen molar-refractivity contribution in [2.24, 2.45) is 5.92 Å². The van der Waals surface area contributed by atoms with Gasteiger partial charge in [-0.1, -0.05) is 36.8 Å². The highest BCUT2D eigenvalue weighted by Crippen LogP contribution is 2.46. The summed E-state index contributed by atoms with van der Waals surface area (Å²) in [5.41, 5.74) is 1.26. The lowest BCUT2D eigenvalue weighted by molar-refractivity contribution is -0.123. The Kier molecular flexibility index (Phi) is 8.14. The number of epoxide rings is 1. The molecule has 1 spiro atoms. The Morgan fingerprint density at radius 1 is 1.29 bits per heavy atom. The van der Waals surface area contributed by atoms with Crippen LogP contribution in [0.4, 0.5) is 0 Å². The number of rotatable bonds is 7. The van der Waals surface area contributed by atoms with Crippen molar-refractivity contribution < 1.29 is 24.1 Å². The van der Waals surface area contributed by atoms with Crippen molar-refractivity contribution in [3.05, 3.63) is 36.0 Å². The Balaban J connectivity index is 1.45. The maximum atomic E-state index is 12.0. The van der Waals surface area contributed by atoms with E-state index in [0.29, 0.717) is 12.0 Å². The van der Waals surface area contributed by atoms with Crippen LogP contribution < -0.4 is 5.32 Å². The molecule has 0 bridgehead atoms. The van der Waals surface area contributed by atoms with Crippen molar-refractivity contribution in [3.8, 4) is 0 Å². The first-order valence-corrected chi connectivity index (χ1v) is 11.6. The van der Waals surface area contributed by atoms with E-state index in [2.05, 4.69) is 44.3 Å². The predicted octanol–water partition coefficient (Wildman–Crippen LogP) is 3.45. The second kappa shape index (κ2) is 10.4. The molecule has 3 fully saturated rings. The molecule has 0 aromatic carbocycles. The molecule has 0 aromatic heterocycles. The summed E-state index contributed by atoms with van der Waals surface area (Å²) < 4.78 is 17.9. The van der Waals surface area contributed by atoms with Crippen molar-refractivity contribution in [2.45, 2.75) is 102 Å². The number of hydrogen-bond acceptors (Lipinski definition) is 5. The van der Waals surface area contributed by atoms with Crippen LogP contribution in [0.2, 0.25) is 0 Å². The average Bonchev–Trinajstić information content (AvgIpc) is 3.33. The van der Waals surface area contributed by atoms with Crippen molar-refractivity contribution in [3.63, 3.8) is 0 Å². The van der Waals surface area contributed by atoms with Gasteiger partial charge in [0.05, 0.1) is 48.8 Å². The molecule has 0 radical (unpaired) electrons. The average molecular weight is 434 g/mol. The maximum Gasteiger partial charge on any atom is 0.244 e. The zero-order chi connectivity index (χ0) is 22.6. The molecule has 3 aliphatic heterocycles. The Morgan fingerprint density at radius 2 is 2.03 bits per heavy atom. The van der Waals surface area contributed by atoms with Gasteiger partial charge in [0, 0.05) is 18.9 Å². The maximum absolute atomic E-state index is 12.0. The van der Waals surface area contributed by atoms with Crippen LogP contribution in [0.15, 0.2) is 36.0 Å². The molecule has 3 heterocycles. The first kappa shape index (κ1) is 24.2. The van der Waals surface area contributed by atoms with Crippen LogP contribution in [0.5, 0.6) is 0 Å². The molecule has 6 nitrogen and oxygen atoms in total. The van der Waals surface area contributed by atoms with Gasteiger partial charge in [-0.25, -0.2) is 0 Å². The number of allylic oxidation sites excluding steroid dienone is 2. The third kappa shape index (κ3) is 6.75. The molecule has 2 N–H and O–H groups in total. The van der Waals surface area contributed by atoms with E-state index >= 15 is 0 Å². The summed E-state index contributed by atoms with van der Waals surface area (Å²) in [5, 5.41) is 12.3. The molecular formula is C25H39NO5. The molecular weight excluding hydrogens is 394 g/mol. The summed E-state index contributed by atoms with van der Waals surface area (Å²) in [6, 6.07) is -0.0230. The second-order valence-electron chi connectivity index (χ2n) is 9.54. The normalized spacial score (nSPS) is 39.9. The summed E-state index contributed by atoms with van der Waals surface area (Å²) in [4.78, 5) is 12.0. The summed E-state index contributed by atoms with van der Waals surface area (Å²) in [6.07, 6.45) is 13.0. The van der Waals surface area contributed by atoms with E-state index in [4.69, 9.17) is 14.2 Å². The van der Waals surface area contributed by atoms with Gasteiger partial charge in [-0.05, 0) is 46.5 Å². The van der Waals surface area contributed by atoms with Crippen molar-refractivity contribution >= 4 is 5.91 Å². The van der Waals surface area contributed by atoms with E-state index in [1.54, 1.807) is 6.92 Å². The number of aliphatic hydroxyl groups excluding tert-OH is 1. The number of carbonyl (C=O) groups excluding carboxylic acids is 1. The molecule has 3 rings (SSSR count). The fourth-order valence-electron chi connectivity index (χ4n) is 4.60. The number of aliphatic hydroxyl groups is 1. The largest absolute Gasteiger partial charge is 0.389 e. The van der Waals surface area contributed by atoms with Crippen molar-refractivity contribution in [2.75, 3.05) is 6.61 Å². The molecule has 8 atom stereocenters. The molecule has 31 heavy (non-hydrogen) atoms. The topological polar surface area (TPSA) is 80.3 Å². The summed E-state index contributed by atoms with van der Waals surface area (Å²) >= 11 is 0. The first-order chi connectivity index (χ1) is 14.7. The van der Waals surface area contributed by atoms with E-state index in [1.807, 2.05) is 6.92 Å². The molecule has 0 aromatic rings. The van der Waals surface area contributed by atoms with Crippen LogP contribution in [0.1, 0.15) is 60.3 Å². The Bertz CT molecular complexity index is 715. The van der Waals surface area contributed by atoms with Gasteiger partial charge < -0.3 is 24.6 Å². The lowest BCUT2D eigenvalue weighted by atomic mass is 9.88. The standard InChI is InChI=1S/C25H39NO5/c1-16(6-9-21-15-25(12-13-29-21)20(5)31-25)7-10-23-17(2)14-22(19(4)30-23)26-24(28)11-8-18(3)27/h6-9,11,17-23,27H,10,12-15H2,1-5H3,(H,26,28)/b9-6+,11-8-,16-7+. The number of hydrogen-bond donors (Lipinski definition) is 2. The van der Waals surface area contributed by atoms with Crippen LogP contribution in [0.25, 0.3) is 0 Å². The molecule has 0 aliphatic carbocycles. The minimum absolute atomic E-state index is 0.0230. The molecule has 6 heteroatoms. The van der Waals surface area contributed by atoms with Crippen LogP contribution >= 0.6 is 0 Å². The molecule has 174 valence electrons. The first-order valence-electron chi connectivity index (χ1n) is 11.6. The molecule has 3 saturated heterocycles. The lowest BCUT2D eigenvalue weighted by Gasteiger charge is -2.39. The highest BCUT2D eigenvalue weighted by atomic mass is 16.6. The van der Waals surface area contributed by atoms with Crippen molar-refractivity contribution in [1.29, 1.82) is 0 Å². The molecule has 0 saturated carbocycles. The van der Waals surface area contributed by atoms with Gasteiger partial charge in [-0.3, -0.25) is 4.79 Å². The van der Waals surface area contributed by atoms with E-state index in [1.165, 1.54) is 17.7 Å². The SMILES string of the molecule is CC(/C=C/C1CC2(CCO1)OC2C)=C\CC1OC(C)C(NC(=O)/C=C\C(C)O)CC1C. The van der Waals surface area contributed by atoms with Crippen LogP contribution in [0.3, 0.4) is 0 Å². The number of ether oxygens (including phenoxy) is 3. The monoisotopic (exact) mass is 433 g/mol. The van der Waals surface area contributed by atoms with E-state index in [0.717, 1.165) is 32.3 Å². The summed E-state index contributed by atoms with van der Waals surface area (Å²) in [6.45, 7) is 10.8. The van der Waals surface area contributed by atoms with Crippen LogP contribution in [0, 0.1) is 5.92 Å². The summed E-state index contributed by atoms with van der Waals surface area (Å²) in [7, 11) is 0. The Labute approximate surface area is 186 Å². The minimum atomic E-state index is -0.630. The van der Waals surface area contributed by atoms with Gasteiger partial charge in [0.25, 0.3) is 0 Å². The quantitative estimate of drug-likeness (QED) is 0.365. The van der Waals surface area contributed by atoms with Crippen molar-refractivity contribution in [1.82, 2.24) is 5.32 Å². The third-order valence-electron chi connectivity index (χ3n) is 6.82. The highest BCUT2D eigenvalue weighted by molar-refractivity contribution is 5.87. The lowest BCUT2D eigenvalue weighted by Crippen LogP contribution is -2.50. The Morgan fingerprint density at radius 3 is 2.71 bits per heavy atom. The van der Waals surface area contributed by atoms with E-state index in [-0.39, 0.29) is 35.9 Å². The fraction of sp³-hybridized carbons (Fsp3) is 0.720. The van der Waals surface area contributed by atoms with Crippen LogP contribution in [-0.2, 0) is 19.0 Å². The zero-order valence-electron chi connectivity index (χ0n) is 19.5. The zero-order valence-corrected chi connectivity index (χ0v) is 19.5. The van der Waals surface area contributed by atoms with E-state index < -0.39 is 6.10 Å². The highest BCUT2D eigenvalue weighted by Gasteiger charge is 2.55. The van der Waals surface area contributed by atoms with Gasteiger partial charge in [0.2, 0.25) is 5.91 Å². The second-order valence-corrected chi connectivity index (χ2v) is 9.54. The Hall–Kier alpha value is -1.47. The fourth-order valence-corrected chi connectivity index (χ4v) is 4.60. The van der Waals surface area contributed by atoms with Gasteiger partial charge in [0.15, 0.2) is 0 Å². The summed E-state index contributed by atoms with van der Waals surface area (Å²) in [5.74, 6) is 0.149. The third-order valence-corrected chi connectivity index (χ3v) is 6.82. The molecule has 3 aliphatic rings. The number of amides is 1. The molecule has 1 amide bonds. The number of nitrogens with one attached hydrogen (secondary N) is 1. The predicted molar refractivity (Wildman–Crippen MR) is 121 cm³/mol. The van der Waals surface area contributed by atoms with Gasteiger partial charge >= 0.3 is 0 Å². The van der Waals surface area contributed by atoms with Crippen LogP contribution in [-0.4, -0.2) is 59.8 Å². The smallest absolute Gasteiger partial charge is 0.244 e. The minimum Gasteiger partial charge on any atom is -0.389 e. The van der Waals surface area contributed by atoms with Gasteiger partial charge in [0.1, 0.15) is 0 Å². The van der Waals surface area contributed by atoms with Gasteiger partial charge in [-0.15, -0.1) is 0 Å². The molecule has 8 unspecified atom stereocenters. The van der Waals surface area contributed by atoms with Gasteiger partial charge in [-0.2, -0.15) is 0 Å². The number of carbonyl (C=O) groups is 1.